The van der Waals surface area contributed by atoms with E-state index in [9.17, 15) is 0 Å². The molecular weight excluding hydrogens is 695 g/mol. The number of unbranched alkanes of at least 4 members (excludes halogenated alkanes) is 1. The van der Waals surface area contributed by atoms with Crippen molar-refractivity contribution in [3.63, 3.8) is 0 Å². The standard InChI is InChI=1S/C50H49NO3S/c1-6-7-29-53-38-21-17-36(18-22-38)50(35-15-19-37(20-16-35)51-27-30-52-31-28-51)26-25-43-46-45(40-13-8-9-14-41(40)47(43)54-50)42-24-23-39(32-44(42)49(46,4)5)55-48-33(2)11-10-12-34(48)3/h8-26,32H,6-7,27-31H2,1-5H3. The molecule has 2 aliphatic heterocycles. The Morgan fingerprint density at radius 3 is 2.18 bits per heavy atom. The Hall–Kier alpha value is -4.97. The third kappa shape index (κ3) is 6.13. The van der Waals surface area contributed by atoms with E-state index in [1.54, 1.807) is 0 Å². The lowest BCUT2D eigenvalue weighted by atomic mass is 9.77. The predicted octanol–water partition coefficient (Wildman–Crippen LogP) is 12.3. The second-order valence-electron chi connectivity index (χ2n) is 15.7. The number of rotatable bonds is 9. The molecule has 0 saturated carbocycles. The smallest absolute Gasteiger partial charge is 0.178 e. The van der Waals surface area contributed by atoms with E-state index in [-0.39, 0.29) is 5.41 Å². The first-order chi connectivity index (χ1) is 26.8. The van der Waals surface area contributed by atoms with Crippen LogP contribution in [-0.2, 0) is 15.8 Å². The van der Waals surface area contributed by atoms with Crippen LogP contribution in [0.1, 0.15) is 72.6 Å². The number of anilines is 1. The van der Waals surface area contributed by atoms with E-state index in [0.29, 0.717) is 0 Å². The summed E-state index contributed by atoms with van der Waals surface area (Å²) in [4.78, 5) is 5.01. The minimum Gasteiger partial charge on any atom is -0.494 e. The monoisotopic (exact) mass is 743 g/mol. The highest BCUT2D eigenvalue weighted by molar-refractivity contribution is 7.99. The molecule has 2 heterocycles. The van der Waals surface area contributed by atoms with Crippen LogP contribution in [0.25, 0.3) is 28.0 Å². The summed E-state index contributed by atoms with van der Waals surface area (Å²) in [6, 6.07) is 40.0. The van der Waals surface area contributed by atoms with Crippen LogP contribution in [-0.4, -0.2) is 32.9 Å². The zero-order valence-corrected chi connectivity index (χ0v) is 33.4. The van der Waals surface area contributed by atoms with Crippen LogP contribution in [0, 0.1) is 13.8 Å². The van der Waals surface area contributed by atoms with Gasteiger partial charge in [0.15, 0.2) is 5.60 Å². The summed E-state index contributed by atoms with van der Waals surface area (Å²) in [6.45, 7) is 15.4. The highest BCUT2D eigenvalue weighted by atomic mass is 32.2. The molecule has 0 spiro atoms. The molecule has 0 amide bonds. The van der Waals surface area contributed by atoms with Crippen LogP contribution in [0.15, 0.2) is 125 Å². The zero-order valence-electron chi connectivity index (χ0n) is 32.6. The summed E-state index contributed by atoms with van der Waals surface area (Å²) in [7, 11) is 0. The first-order valence-electron chi connectivity index (χ1n) is 19.8. The maximum absolute atomic E-state index is 7.61. The van der Waals surface area contributed by atoms with Crippen molar-refractivity contribution in [1.82, 2.24) is 0 Å². The number of nitrogens with zero attached hydrogens (tertiary/aromatic N) is 1. The molecule has 6 aromatic carbocycles. The van der Waals surface area contributed by atoms with E-state index in [1.807, 2.05) is 11.8 Å². The summed E-state index contributed by atoms with van der Waals surface area (Å²) in [5, 5.41) is 2.36. The lowest BCUT2D eigenvalue weighted by molar-refractivity contribution is 0.122. The zero-order chi connectivity index (χ0) is 37.7. The lowest BCUT2D eigenvalue weighted by Crippen LogP contribution is -2.37. The minimum atomic E-state index is -0.847. The van der Waals surface area contributed by atoms with Gasteiger partial charge >= 0.3 is 0 Å². The lowest BCUT2D eigenvalue weighted by Gasteiger charge is -2.39. The van der Waals surface area contributed by atoms with Crippen LogP contribution in [0.5, 0.6) is 11.5 Å². The van der Waals surface area contributed by atoms with E-state index in [1.165, 1.54) is 59.8 Å². The topological polar surface area (TPSA) is 30.9 Å². The molecule has 1 unspecified atom stereocenters. The SMILES string of the molecule is CCCCOc1ccc(C2(c3ccc(N4CCOCC4)cc3)C=Cc3c4c(c5ccccc5c3O2)-c2ccc(Sc3c(C)cccc3C)cc2C4(C)C)cc1. The molecule has 1 saturated heterocycles. The predicted molar refractivity (Wildman–Crippen MR) is 228 cm³/mol. The fourth-order valence-corrected chi connectivity index (χ4v) is 9.91. The van der Waals surface area contributed by atoms with Gasteiger partial charge in [0.05, 0.1) is 19.8 Å². The number of fused-ring (bicyclic) bond motifs is 8. The molecule has 0 aromatic heterocycles. The summed E-state index contributed by atoms with van der Waals surface area (Å²) < 4.78 is 19.4. The fourth-order valence-electron chi connectivity index (χ4n) is 8.91. The minimum absolute atomic E-state index is 0.249. The van der Waals surface area contributed by atoms with Crippen molar-refractivity contribution in [2.24, 2.45) is 0 Å². The molecule has 6 aromatic rings. The molecule has 55 heavy (non-hydrogen) atoms. The first kappa shape index (κ1) is 35.7. The molecule has 0 N–H and O–H groups in total. The molecule has 1 aliphatic carbocycles. The number of morpholine rings is 1. The Kier molecular flexibility index (Phi) is 9.27. The van der Waals surface area contributed by atoms with Crippen LogP contribution in [0.4, 0.5) is 5.69 Å². The van der Waals surface area contributed by atoms with Crippen molar-refractivity contribution in [2.75, 3.05) is 37.8 Å². The normalized spacial score (nSPS) is 18.1. The quantitative estimate of drug-likeness (QED) is 0.138. The second kappa shape index (κ2) is 14.3. The van der Waals surface area contributed by atoms with E-state index in [4.69, 9.17) is 14.2 Å². The fraction of sp³-hybridized carbons (Fsp3) is 0.280. The average molecular weight is 744 g/mol. The maximum Gasteiger partial charge on any atom is 0.178 e. The number of aryl methyl sites for hydroxylation is 2. The third-order valence-electron chi connectivity index (χ3n) is 11.9. The van der Waals surface area contributed by atoms with Gasteiger partial charge in [-0.25, -0.2) is 0 Å². The summed E-state index contributed by atoms with van der Waals surface area (Å²) in [5.41, 5.74) is 11.4. The Balaban J connectivity index is 1.18. The van der Waals surface area contributed by atoms with E-state index in [2.05, 4.69) is 161 Å². The van der Waals surface area contributed by atoms with Gasteiger partial charge in [0.2, 0.25) is 0 Å². The maximum atomic E-state index is 7.61. The molecule has 0 bridgehead atoms. The van der Waals surface area contributed by atoms with Crippen LogP contribution in [0.3, 0.4) is 0 Å². The summed E-state index contributed by atoms with van der Waals surface area (Å²) in [6.07, 6.45) is 6.79. The molecule has 5 heteroatoms. The van der Waals surface area contributed by atoms with Crippen LogP contribution in [0.2, 0.25) is 0 Å². The number of benzene rings is 6. The third-order valence-corrected chi connectivity index (χ3v) is 13.2. The van der Waals surface area contributed by atoms with Gasteiger partial charge in [0.25, 0.3) is 0 Å². The van der Waals surface area contributed by atoms with Gasteiger partial charge in [-0.1, -0.05) is 118 Å². The highest BCUT2D eigenvalue weighted by Crippen LogP contribution is 2.58. The molecular formula is C50H49NO3S. The summed E-state index contributed by atoms with van der Waals surface area (Å²) in [5.74, 6) is 1.82. The number of hydrogen-bond acceptors (Lipinski definition) is 5. The Morgan fingerprint density at radius 1 is 0.782 bits per heavy atom. The van der Waals surface area contributed by atoms with Gasteiger partial charge in [-0.15, -0.1) is 0 Å². The molecule has 9 rings (SSSR count). The van der Waals surface area contributed by atoms with Crippen molar-refractivity contribution in [1.29, 1.82) is 0 Å². The van der Waals surface area contributed by atoms with Crippen molar-refractivity contribution >= 4 is 34.3 Å². The van der Waals surface area contributed by atoms with Gasteiger partial charge in [0.1, 0.15) is 11.5 Å². The molecule has 278 valence electrons. The largest absolute Gasteiger partial charge is 0.494 e. The van der Waals surface area contributed by atoms with E-state index >= 15 is 0 Å². The van der Waals surface area contributed by atoms with Crippen LogP contribution >= 0.6 is 11.8 Å². The molecule has 4 nitrogen and oxygen atoms in total. The highest BCUT2D eigenvalue weighted by Gasteiger charge is 2.44. The van der Waals surface area contributed by atoms with E-state index in [0.717, 1.165) is 73.8 Å². The molecule has 0 radical (unpaired) electrons. The van der Waals surface area contributed by atoms with Crippen molar-refractivity contribution < 1.29 is 14.2 Å². The van der Waals surface area contributed by atoms with Gasteiger partial charge < -0.3 is 19.1 Å². The Bertz CT molecular complexity index is 2400. The van der Waals surface area contributed by atoms with Crippen molar-refractivity contribution in [3.8, 4) is 22.6 Å². The van der Waals surface area contributed by atoms with Crippen molar-refractivity contribution in [2.45, 2.75) is 68.3 Å². The van der Waals surface area contributed by atoms with Crippen LogP contribution < -0.4 is 14.4 Å². The molecule has 1 atom stereocenters. The van der Waals surface area contributed by atoms with E-state index < -0.39 is 5.60 Å². The molecule has 1 fully saturated rings. The van der Waals surface area contributed by atoms with Gasteiger partial charge in [-0.05, 0) is 102 Å². The Labute approximate surface area is 330 Å². The summed E-state index contributed by atoms with van der Waals surface area (Å²) >= 11 is 1.87. The average Bonchev–Trinajstić information content (AvgIpc) is 3.46. The number of hydrogen-bond donors (Lipinski definition) is 0. The Morgan fingerprint density at radius 2 is 1.47 bits per heavy atom. The van der Waals surface area contributed by atoms with Gasteiger partial charge in [-0.2, -0.15) is 0 Å². The number of ether oxygens (including phenoxy) is 3. The second-order valence-corrected chi connectivity index (χ2v) is 16.8. The van der Waals surface area contributed by atoms with Gasteiger partial charge in [0, 0.05) is 56.1 Å². The van der Waals surface area contributed by atoms with Crippen molar-refractivity contribution in [3.05, 3.63) is 154 Å². The first-order valence-corrected chi connectivity index (χ1v) is 20.6. The van der Waals surface area contributed by atoms with Gasteiger partial charge in [-0.3, -0.25) is 0 Å². The molecule has 3 aliphatic rings.